The number of nitro benzene ring substituents is 1. The van der Waals surface area contributed by atoms with Gasteiger partial charge in [-0.15, -0.1) is 0 Å². The number of anilines is 1. The first-order valence-electron chi connectivity index (χ1n) is 12.2. The molecule has 3 aromatic rings. The molecule has 0 aliphatic carbocycles. The lowest BCUT2D eigenvalue weighted by Gasteiger charge is -2.26. The maximum absolute atomic E-state index is 13.2. The van der Waals surface area contributed by atoms with Crippen molar-refractivity contribution < 1.29 is 9.72 Å². The van der Waals surface area contributed by atoms with E-state index in [1.807, 2.05) is 6.92 Å². The minimum absolute atomic E-state index is 0.0923. The van der Waals surface area contributed by atoms with Crippen LogP contribution < -0.4 is 4.90 Å². The number of aryl methyl sites for hydroxylation is 3. The molecule has 0 radical (unpaired) electrons. The van der Waals surface area contributed by atoms with Gasteiger partial charge >= 0.3 is 0 Å². The third-order valence-corrected chi connectivity index (χ3v) is 6.81. The highest BCUT2D eigenvalue weighted by atomic mass is 35.5. The Bertz CT molecular complexity index is 1280. The van der Waals surface area contributed by atoms with Crippen molar-refractivity contribution in [2.45, 2.75) is 40.0 Å². The average molecular weight is 508 g/mol. The number of nitro groups is 1. The first kappa shape index (κ1) is 25.6. The predicted molar refractivity (Wildman–Crippen MR) is 141 cm³/mol. The molecule has 2 heterocycles. The van der Waals surface area contributed by atoms with Gasteiger partial charge in [-0.2, -0.15) is 0 Å². The van der Waals surface area contributed by atoms with E-state index in [4.69, 9.17) is 21.6 Å². The Morgan fingerprint density at radius 2 is 1.81 bits per heavy atom. The number of nitrogens with zero attached hydrogens (tertiary/aromatic N) is 5. The van der Waals surface area contributed by atoms with Crippen molar-refractivity contribution >= 4 is 29.0 Å². The van der Waals surface area contributed by atoms with E-state index in [2.05, 4.69) is 43.0 Å². The summed E-state index contributed by atoms with van der Waals surface area (Å²) in [5.41, 5.74) is 4.76. The second-order valence-electron chi connectivity index (χ2n) is 9.09. The molecule has 1 aromatic heterocycles. The van der Waals surface area contributed by atoms with Crippen LogP contribution in [0.2, 0.25) is 5.02 Å². The van der Waals surface area contributed by atoms with Crippen LogP contribution in [0.15, 0.2) is 42.5 Å². The molecule has 1 aliphatic heterocycles. The minimum atomic E-state index is -0.521. The number of hydrogen-bond donors (Lipinski definition) is 0. The smallest absolute Gasteiger partial charge is 0.270 e. The van der Waals surface area contributed by atoms with Crippen LogP contribution >= 0.6 is 11.6 Å². The third-order valence-electron chi connectivity index (χ3n) is 6.50. The lowest BCUT2D eigenvalue weighted by atomic mass is 10.0. The lowest BCUT2D eigenvalue weighted by Crippen LogP contribution is -2.36. The van der Waals surface area contributed by atoms with Gasteiger partial charge in [0, 0.05) is 56.0 Å². The summed E-state index contributed by atoms with van der Waals surface area (Å²) in [5, 5.41) is 11.1. The molecular formula is C27H30ClN5O3. The Morgan fingerprint density at radius 3 is 2.47 bits per heavy atom. The number of rotatable bonds is 6. The monoisotopic (exact) mass is 507 g/mol. The van der Waals surface area contributed by atoms with Crippen molar-refractivity contribution in [2.24, 2.45) is 0 Å². The number of hydrogen-bond acceptors (Lipinski definition) is 6. The lowest BCUT2D eigenvalue weighted by molar-refractivity contribution is -0.384. The van der Waals surface area contributed by atoms with Gasteiger partial charge < -0.3 is 9.80 Å². The van der Waals surface area contributed by atoms with Gasteiger partial charge in [0.1, 0.15) is 11.6 Å². The highest BCUT2D eigenvalue weighted by Crippen LogP contribution is 2.28. The quantitative estimate of drug-likeness (QED) is 0.338. The topological polar surface area (TPSA) is 92.5 Å². The van der Waals surface area contributed by atoms with E-state index in [9.17, 15) is 14.9 Å². The molecular weight excluding hydrogens is 478 g/mol. The summed E-state index contributed by atoms with van der Waals surface area (Å²) in [6.07, 6.45) is 2.33. The molecule has 1 aliphatic rings. The number of amides is 1. The van der Waals surface area contributed by atoms with Crippen LogP contribution in [0.3, 0.4) is 0 Å². The summed E-state index contributed by atoms with van der Waals surface area (Å²) in [7, 11) is 0. The number of aromatic nitrogens is 2. The van der Waals surface area contributed by atoms with Crippen LogP contribution in [0.4, 0.5) is 11.5 Å². The Hall–Kier alpha value is -3.52. The van der Waals surface area contributed by atoms with Crippen molar-refractivity contribution in [1.29, 1.82) is 0 Å². The summed E-state index contributed by atoms with van der Waals surface area (Å²) < 4.78 is 0. The summed E-state index contributed by atoms with van der Waals surface area (Å²) in [6.45, 7) is 8.57. The zero-order valence-electron chi connectivity index (χ0n) is 20.8. The Labute approximate surface area is 216 Å². The summed E-state index contributed by atoms with van der Waals surface area (Å²) in [5.74, 6) is 1.46. The molecule has 8 nitrogen and oxygen atoms in total. The molecule has 1 amide bonds. The summed E-state index contributed by atoms with van der Waals surface area (Å²) in [4.78, 5) is 37.3. The van der Waals surface area contributed by atoms with Crippen LogP contribution in [-0.4, -0.2) is 51.9 Å². The molecule has 1 fully saturated rings. The number of carbonyl (C=O) groups is 1. The Kier molecular flexibility index (Phi) is 7.84. The van der Waals surface area contributed by atoms with Gasteiger partial charge in [-0.25, -0.2) is 9.97 Å². The average Bonchev–Trinajstić information content (AvgIpc) is 3.12. The second-order valence-corrected chi connectivity index (χ2v) is 9.50. The van der Waals surface area contributed by atoms with Crippen molar-refractivity contribution in [3.05, 3.63) is 91.4 Å². The fraction of sp³-hybridized carbons (Fsp3) is 0.370. The predicted octanol–water partition coefficient (Wildman–Crippen LogP) is 5.16. The fourth-order valence-corrected chi connectivity index (χ4v) is 4.83. The highest BCUT2D eigenvalue weighted by Gasteiger charge is 2.26. The van der Waals surface area contributed by atoms with Crippen LogP contribution in [0, 0.1) is 24.0 Å². The first-order valence-corrected chi connectivity index (χ1v) is 12.5. The van der Waals surface area contributed by atoms with Crippen LogP contribution in [0.25, 0.3) is 0 Å². The molecule has 0 unspecified atom stereocenters. The fourth-order valence-electron chi connectivity index (χ4n) is 4.58. The molecule has 0 spiro atoms. The SMILES string of the molecule is CCc1nc(C)nc(N2CCCN(C(=O)c3ccc([N+](=O)[O-])cc3Cl)CC2)c1Cc1ccc(C)cc1. The van der Waals surface area contributed by atoms with E-state index in [1.54, 1.807) is 4.90 Å². The Morgan fingerprint density at radius 1 is 1.06 bits per heavy atom. The summed E-state index contributed by atoms with van der Waals surface area (Å²) >= 11 is 6.23. The number of carbonyl (C=O) groups excluding carboxylic acids is 1. The van der Waals surface area contributed by atoms with Gasteiger partial charge in [-0.3, -0.25) is 14.9 Å². The molecule has 188 valence electrons. The van der Waals surface area contributed by atoms with Crippen molar-refractivity contribution in [1.82, 2.24) is 14.9 Å². The van der Waals surface area contributed by atoms with Crippen LogP contribution in [0.1, 0.15) is 51.9 Å². The second kappa shape index (κ2) is 11.0. The molecule has 36 heavy (non-hydrogen) atoms. The molecule has 0 atom stereocenters. The van der Waals surface area contributed by atoms with E-state index in [0.717, 1.165) is 48.7 Å². The van der Waals surface area contributed by atoms with Crippen molar-refractivity contribution in [3.8, 4) is 0 Å². The van der Waals surface area contributed by atoms with Gasteiger partial charge in [0.15, 0.2) is 0 Å². The Balaban J connectivity index is 1.57. The van der Waals surface area contributed by atoms with Gasteiger partial charge in [0.25, 0.3) is 11.6 Å². The molecule has 1 saturated heterocycles. The van der Waals surface area contributed by atoms with Gasteiger partial charge in [-0.1, -0.05) is 48.4 Å². The van der Waals surface area contributed by atoms with Crippen molar-refractivity contribution in [3.63, 3.8) is 0 Å². The largest absolute Gasteiger partial charge is 0.354 e. The maximum Gasteiger partial charge on any atom is 0.270 e. The van der Waals surface area contributed by atoms with E-state index in [0.29, 0.717) is 19.6 Å². The van der Waals surface area contributed by atoms with Gasteiger partial charge in [0.05, 0.1) is 15.5 Å². The molecule has 0 bridgehead atoms. The van der Waals surface area contributed by atoms with Gasteiger partial charge in [-0.05, 0) is 38.3 Å². The number of benzene rings is 2. The van der Waals surface area contributed by atoms with E-state index in [-0.39, 0.29) is 22.2 Å². The van der Waals surface area contributed by atoms with Crippen molar-refractivity contribution in [2.75, 3.05) is 31.1 Å². The number of non-ortho nitro benzene ring substituents is 1. The summed E-state index contributed by atoms with van der Waals surface area (Å²) in [6, 6.07) is 12.5. The highest BCUT2D eigenvalue weighted by molar-refractivity contribution is 6.34. The standard InChI is InChI=1S/C27H30ClN5O3/c1-4-25-23(16-20-8-6-18(2)7-9-20)26(30-19(3)29-25)31-12-5-13-32(15-14-31)27(34)22-11-10-21(33(35)36)17-24(22)28/h6-11,17H,4-5,12-16H2,1-3H3. The molecule has 9 heteroatoms. The molecule has 2 aromatic carbocycles. The third kappa shape index (κ3) is 5.65. The minimum Gasteiger partial charge on any atom is -0.354 e. The first-order chi connectivity index (χ1) is 17.3. The number of halogens is 1. The van der Waals surface area contributed by atoms with Crippen LogP contribution in [0.5, 0.6) is 0 Å². The zero-order valence-corrected chi connectivity index (χ0v) is 21.6. The van der Waals surface area contributed by atoms with Crippen LogP contribution in [-0.2, 0) is 12.8 Å². The molecule has 0 N–H and O–H groups in total. The van der Waals surface area contributed by atoms with E-state index in [1.165, 1.54) is 29.3 Å². The normalized spacial score (nSPS) is 14.0. The van der Waals surface area contributed by atoms with Gasteiger partial charge in [0.2, 0.25) is 0 Å². The maximum atomic E-state index is 13.2. The van der Waals surface area contributed by atoms with E-state index >= 15 is 0 Å². The molecule has 4 rings (SSSR count). The molecule has 0 saturated carbocycles. The zero-order chi connectivity index (χ0) is 25.8. The van der Waals surface area contributed by atoms with E-state index < -0.39 is 4.92 Å².